The maximum Gasteiger partial charge on any atom is 0.301 e. The van der Waals surface area contributed by atoms with Crippen LogP contribution in [0, 0.1) is 11.7 Å². The summed E-state index contributed by atoms with van der Waals surface area (Å²) < 4.78 is 42.0. The molecule has 1 saturated heterocycles. The van der Waals surface area contributed by atoms with Crippen LogP contribution in [-0.2, 0) is 16.8 Å². The number of nitrogens with one attached hydrogen (secondary N) is 1. The topological polar surface area (TPSA) is 75.4 Å². The summed E-state index contributed by atoms with van der Waals surface area (Å²) in [5.74, 6) is 0.0372. The lowest BCUT2D eigenvalue weighted by Crippen LogP contribution is -2.41. The molecule has 0 bridgehead atoms. The number of halogens is 1. The fourth-order valence-corrected chi connectivity index (χ4v) is 3.58. The van der Waals surface area contributed by atoms with E-state index in [9.17, 15) is 12.8 Å². The van der Waals surface area contributed by atoms with Crippen molar-refractivity contribution in [3.05, 3.63) is 29.6 Å². The van der Waals surface area contributed by atoms with Crippen LogP contribution in [0.1, 0.15) is 25.3 Å². The number of hydrogen-bond donors (Lipinski definition) is 2. The van der Waals surface area contributed by atoms with Gasteiger partial charge in [-0.05, 0) is 30.9 Å². The number of nitrogens with two attached hydrogens (primary N) is 1. The number of benzene rings is 1. The van der Waals surface area contributed by atoms with Gasteiger partial charge in [0.25, 0.3) is 0 Å². The van der Waals surface area contributed by atoms with E-state index in [1.807, 2.05) is 0 Å². The number of nitrogens with zero attached hydrogens (tertiary/aromatic N) is 1. The van der Waals surface area contributed by atoms with E-state index >= 15 is 0 Å². The van der Waals surface area contributed by atoms with Gasteiger partial charge in [-0.15, -0.1) is 0 Å². The van der Waals surface area contributed by atoms with Crippen LogP contribution in [0.25, 0.3) is 0 Å². The number of rotatable bonds is 4. The first kappa shape index (κ1) is 15.2. The zero-order valence-corrected chi connectivity index (χ0v) is 12.3. The van der Waals surface area contributed by atoms with Crippen molar-refractivity contribution >= 4 is 15.9 Å². The summed E-state index contributed by atoms with van der Waals surface area (Å²) in [4.78, 5) is 0. The van der Waals surface area contributed by atoms with Gasteiger partial charge in [-0.3, -0.25) is 4.72 Å². The Bertz CT molecular complexity index is 569. The number of piperidine rings is 1. The fraction of sp³-hybridized carbons (Fsp3) is 0.538. The van der Waals surface area contributed by atoms with Gasteiger partial charge in [-0.25, -0.2) is 4.39 Å². The van der Waals surface area contributed by atoms with Crippen LogP contribution in [0.15, 0.2) is 18.2 Å². The van der Waals surface area contributed by atoms with E-state index in [4.69, 9.17) is 5.73 Å². The molecule has 0 atom stereocenters. The molecule has 5 nitrogen and oxygen atoms in total. The zero-order valence-electron chi connectivity index (χ0n) is 11.5. The summed E-state index contributed by atoms with van der Waals surface area (Å²) in [7, 11) is -3.65. The fourth-order valence-electron chi connectivity index (χ4n) is 2.29. The van der Waals surface area contributed by atoms with Gasteiger partial charge in [0.05, 0.1) is 5.69 Å². The van der Waals surface area contributed by atoms with E-state index in [2.05, 4.69) is 11.6 Å². The quantitative estimate of drug-likeness (QED) is 0.888. The molecule has 1 fully saturated rings. The molecule has 1 aliphatic rings. The second-order valence-corrected chi connectivity index (χ2v) is 6.83. The van der Waals surface area contributed by atoms with Crippen LogP contribution >= 0.6 is 0 Å². The highest BCUT2D eigenvalue weighted by Gasteiger charge is 2.27. The Balaban J connectivity index is 2.18. The van der Waals surface area contributed by atoms with E-state index in [-0.39, 0.29) is 17.8 Å². The largest absolute Gasteiger partial charge is 0.326 e. The molecule has 0 radical (unpaired) electrons. The van der Waals surface area contributed by atoms with E-state index in [1.54, 1.807) is 0 Å². The number of anilines is 1. The summed E-state index contributed by atoms with van der Waals surface area (Å²) in [6, 6.07) is 4.25. The Hall–Kier alpha value is -1.18. The second-order valence-electron chi connectivity index (χ2n) is 5.16. The third-order valence-corrected chi connectivity index (χ3v) is 5.17. The lowest BCUT2D eigenvalue weighted by atomic mass is 10.0. The van der Waals surface area contributed by atoms with E-state index in [0.29, 0.717) is 19.0 Å². The molecule has 0 aromatic heterocycles. The first-order valence-electron chi connectivity index (χ1n) is 6.69. The van der Waals surface area contributed by atoms with E-state index in [0.717, 1.165) is 12.8 Å². The van der Waals surface area contributed by atoms with Crippen molar-refractivity contribution in [2.24, 2.45) is 11.7 Å². The Morgan fingerprint density at radius 1 is 1.40 bits per heavy atom. The molecule has 2 rings (SSSR count). The summed E-state index contributed by atoms with van der Waals surface area (Å²) >= 11 is 0. The maximum atomic E-state index is 13.6. The minimum absolute atomic E-state index is 0.0540. The Morgan fingerprint density at radius 3 is 2.65 bits per heavy atom. The molecule has 0 aliphatic carbocycles. The lowest BCUT2D eigenvalue weighted by Gasteiger charge is -2.29. The Morgan fingerprint density at radius 2 is 2.05 bits per heavy atom. The average Bonchev–Trinajstić information content (AvgIpc) is 2.39. The normalized spacial score (nSPS) is 18.1. The van der Waals surface area contributed by atoms with Crippen molar-refractivity contribution in [1.29, 1.82) is 0 Å². The highest BCUT2D eigenvalue weighted by molar-refractivity contribution is 7.90. The van der Waals surface area contributed by atoms with Crippen LogP contribution in [-0.4, -0.2) is 25.8 Å². The van der Waals surface area contributed by atoms with Gasteiger partial charge >= 0.3 is 10.2 Å². The van der Waals surface area contributed by atoms with Crippen LogP contribution < -0.4 is 10.5 Å². The third-order valence-electron chi connectivity index (χ3n) is 3.64. The molecular formula is C13H20FN3O2S. The van der Waals surface area contributed by atoms with Crippen molar-refractivity contribution < 1.29 is 12.8 Å². The molecule has 1 aliphatic heterocycles. The molecule has 1 heterocycles. The first-order valence-corrected chi connectivity index (χ1v) is 8.13. The molecule has 0 unspecified atom stereocenters. The van der Waals surface area contributed by atoms with Crippen LogP contribution in [0.2, 0.25) is 0 Å². The SMILES string of the molecule is CC1CCN(S(=O)(=O)Nc2cccc(F)c2CN)CC1. The van der Waals surface area contributed by atoms with E-state index in [1.165, 1.54) is 22.5 Å². The average molecular weight is 301 g/mol. The molecule has 3 N–H and O–H groups in total. The van der Waals surface area contributed by atoms with Crippen molar-refractivity contribution in [3.8, 4) is 0 Å². The van der Waals surface area contributed by atoms with Gasteiger partial charge < -0.3 is 5.73 Å². The molecular weight excluding hydrogens is 281 g/mol. The van der Waals surface area contributed by atoms with Crippen molar-refractivity contribution in [3.63, 3.8) is 0 Å². The van der Waals surface area contributed by atoms with Gasteiger partial charge in [0.2, 0.25) is 0 Å². The maximum absolute atomic E-state index is 13.6. The van der Waals surface area contributed by atoms with Gasteiger partial charge in [0.15, 0.2) is 0 Å². The second kappa shape index (κ2) is 6.07. The van der Waals surface area contributed by atoms with Crippen molar-refractivity contribution in [2.45, 2.75) is 26.3 Å². The first-order chi connectivity index (χ1) is 9.44. The van der Waals surface area contributed by atoms with Crippen LogP contribution in [0.3, 0.4) is 0 Å². The smallest absolute Gasteiger partial charge is 0.301 e. The van der Waals surface area contributed by atoms with Gasteiger partial charge in [-0.2, -0.15) is 12.7 Å². The monoisotopic (exact) mass is 301 g/mol. The molecule has 0 amide bonds. The summed E-state index contributed by atoms with van der Waals surface area (Å²) in [6.45, 7) is 3.03. The molecule has 20 heavy (non-hydrogen) atoms. The van der Waals surface area contributed by atoms with E-state index < -0.39 is 16.0 Å². The standard InChI is InChI=1S/C13H20FN3O2S/c1-10-5-7-17(8-6-10)20(18,19)16-13-4-2-3-12(14)11(13)9-15/h2-4,10,16H,5-9,15H2,1H3. The number of hydrogen-bond acceptors (Lipinski definition) is 3. The molecule has 0 spiro atoms. The molecule has 112 valence electrons. The third kappa shape index (κ3) is 3.28. The zero-order chi connectivity index (χ0) is 14.8. The molecule has 1 aromatic rings. The minimum atomic E-state index is -3.65. The minimum Gasteiger partial charge on any atom is -0.326 e. The van der Waals surface area contributed by atoms with Crippen LogP contribution in [0.5, 0.6) is 0 Å². The molecule has 7 heteroatoms. The molecule has 0 saturated carbocycles. The van der Waals surface area contributed by atoms with Gasteiger partial charge in [0.1, 0.15) is 5.82 Å². The Labute approximate surface area is 119 Å². The summed E-state index contributed by atoms with van der Waals surface area (Å²) in [5.41, 5.74) is 5.87. The van der Waals surface area contributed by atoms with Gasteiger partial charge in [-0.1, -0.05) is 13.0 Å². The van der Waals surface area contributed by atoms with Crippen LogP contribution in [0.4, 0.5) is 10.1 Å². The predicted octanol–water partition coefficient (Wildman–Crippen LogP) is 1.67. The van der Waals surface area contributed by atoms with Crippen molar-refractivity contribution in [2.75, 3.05) is 17.8 Å². The van der Waals surface area contributed by atoms with Crippen molar-refractivity contribution in [1.82, 2.24) is 4.31 Å². The summed E-state index contributed by atoms with van der Waals surface area (Å²) in [6.07, 6.45) is 1.68. The summed E-state index contributed by atoms with van der Waals surface area (Å²) in [5, 5.41) is 0. The highest BCUT2D eigenvalue weighted by atomic mass is 32.2. The predicted molar refractivity (Wildman–Crippen MR) is 76.8 cm³/mol. The Kier molecular flexibility index (Phi) is 4.62. The molecule has 1 aromatic carbocycles. The highest BCUT2D eigenvalue weighted by Crippen LogP contribution is 2.23. The van der Waals surface area contributed by atoms with Gasteiger partial charge in [0, 0.05) is 25.2 Å². The lowest BCUT2D eigenvalue weighted by molar-refractivity contribution is 0.289.